The number of hydrogen-bond donors (Lipinski definition) is 0. The summed E-state index contributed by atoms with van der Waals surface area (Å²) in [5, 5.41) is 0. The second-order valence-corrected chi connectivity index (χ2v) is 5.03. The molecule has 25 heavy (non-hydrogen) atoms. The largest absolute Gasteiger partial charge is 0.436 e. The average molecular weight is 467 g/mol. The number of carbonyl (C=O) groups is 2. The number of Topliss-reactive ketones (excluding diaryl/α,β-unsaturated/α-hetero) is 2. The van der Waals surface area contributed by atoms with E-state index in [-0.39, 0.29) is 0 Å². The van der Waals surface area contributed by atoms with Crippen molar-refractivity contribution >= 4 is 27.5 Å². The van der Waals surface area contributed by atoms with E-state index < -0.39 is 52.0 Å². The van der Waals surface area contributed by atoms with E-state index in [4.69, 9.17) is 0 Å². The molecular weight excluding hydrogens is 467 g/mol. The van der Waals surface area contributed by atoms with Gasteiger partial charge in [-0.2, -0.15) is 52.7 Å². The van der Waals surface area contributed by atoms with Crippen LogP contribution >= 0.6 is 15.9 Å². The number of allylic oxidation sites excluding steroid dienone is 1. The fraction of sp³-hybridized carbons (Fsp3) is 0.556. The van der Waals surface area contributed by atoms with Crippen molar-refractivity contribution in [2.45, 2.75) is 28.5 Å². The van der Waals surface area contributed by atoms with Crippen molar-refractivity contribution in [2.24, 2.45) is 0 Å². The molecule has 0 aromatic carbocycles. The van der Waals surface area contributed by atoms with E-state index in [2.05, 4.69) is 0 Å². The van der Waals surface area contributed by atoms with Crippen molar-refractivity contribution in [1.82, 2.24) is 0 Å². The van der Waals surface area contributed by atoms with E-state index in [0.29, 0.717) is 15.9 Å². The molecule has 0 rings (SSSR count). The van der Waals surface area contributed by atoms with Gasteiger partial charge in [0.25, 0.3) is 11.6 Å². The van der Waals surface area contributed by atoms with Crippen LogP contribution in [-0.4, -0.2) is 40.1 Å². The highest BCUT2D eigenvalue weighted by Gasteiger charge is 2.84. The van der Waals surface area contributed by atoms with Gasteiger partial charge in [0, 0.05) is 0 Å². The molecule has 0 fully saturated rings. The summed E-state index contributed by atoms with van der Waals surface area (Å²) in [6.07, 6.45) is -11.5. The van der Waals surface area contributed by atoms with Gasteiger partial charge in [-0.25, -0.2) is 4.39 Å². The minimum Gasteiger partial charge on any atom is -0.288 e. The van der Waals surface area contributed by atoms with Gasteiger partial charge in [0.2, 0.25) is 5.83 Å². The summed E-state index contributed by atoms with van der Waals surface area (Å²) in [5.74, 6) is -27.4. The molecule has 1 unspecified atom stereocenters. The number of hydrogen-bond acceptors (Lipinski definition) is 2. The molecule has 1 atom stereocenters. The predicted octanol–water partition coefficient (Wildman–Crippen LogP) is 4.73. The highest BCUT2D eigenvalue weighted by Crippen LogP contribution is 2.53. The molecule has 0 aliphatic heterocycles. The Morgan fingerprint density at radius 3 is 1.28 bits per heavy atom. The van der Waals surface area contributed by atoms with E-state index in [9.17, 15) is 66.7 Å². The van der Waals surface area contributed by atoms with E-state index in [0.717, 1.165) is 0 Å². The van der Waals surface area contributed by atoms with Crippen LogP contribution in [-0.2, 0) is 9.59 Å². The normalized spacial score (nSPS) is 16.2. The Kier molecular flexibility index (Phi) is 6.08. The fourth-order valence-corrected chi connectivity index (χ4v) is 1.35. The van der Waals surface area contributed by atoms with Crippen LogP contribution in [0.1, 0.15) is 0 Å². The summed E-state index contributed by atoms with van der Waals surface area (Å²) in [6, 6.07) is 0. The van der Waals surface area contributed by atoms with E-state index in [1.54, 1.807) is 0 Å². The second-order valence-electron chi connectivity index (χ2n) is 4.04. The molecule has 146 valence electrons. The first-order valence-corrected chi connectivity index (χ1v) is 5.85. The van der Waals surface area contributed by atoms with Gasteiger partial charge < -0.3 is 0 Å². The zero-order valence-corrected chi connectivity index (χ0v) is 12.2. The number of alkyl halides is 11. The maximum Gasteiger partial charge on any atom is 0.436 e. The van der Waals surface area contributed by atoms with Crippen LogP contribution in [0.3, 0.4) is 0 Å². The van der Waals surface area contributed by atoms with Gasteiger partial charge in [-0.05, 0) is 15.9 Å². The Balaban J connectivity index is 6.71. The second kappa shape index (κ2) is 6.42. The third-order valence-electron chi connectivity index (χ3n) is 2.43. The Bertz CT molecular complexity index is 598. The Morgan fingerprint density at radius 1 is 0.680 bits per heavy atom. The topological polar surface area (TPSA) is 34.1 Å². The van der Waals surface area contributed by atoms with Crippen molar-refractivity contribution < 1.29 is 66.7 Å². The predicted molar refractivity (Wildman–Crippen MR) is 54.0 cm³/mol. The SMILES string of the molecule is O=C(C(F)=C(F)F)C(F)(F)C(F)(C(=O)C(F)(F)C(F)(F)Br)C(F)(F)F. The van der Waals surface area contributed by atoms with E-state index in [1.165, 1.54) is 0 Å². The number of rotatable bonds is 6. The molecule has 0 aromatic heterocycles. The summed E-state index contributed by atoms with van der Waals surface area (Å²) in [5.41, 5.74) is -7.47. The molecule has 0 aromatic rings. The lowest BCUT2D eigenvalue weighted by molar-refractivity contribution is -0.291. The van der Waals surface area contributed by atoms with Crippen LogP contribution in [0.15, 0.2) is 11.9 Å². The molecule has 2 nitrogen and oxygen atoms in total. The zero-order valence-electron chi connectivity index (χ0n) is 10.6. The molecule has 0 bridgehead atoms. The van der Waals surface area contributed by atoms with E-state index in [1.807, 2.05) is 0 Å². The Labute approximate surface area is 135 Å². The van der Waals surface area contributed by atoms with Gasteiger partial charge in [-0.15, -0.1) is 0 Å². The molecule has 0 saturated heterocycles. The van der Waals surface area contributed by atoms with Gasteiger partial charge in [0.15, 0.2) is 0 Å². The van der Waals surface area contributed by atoms with Crippen molar-refractivity contribution in [3.63, 3.8) is 0 Å². The van der Waals surface area contributed by atoms with Crippen LogP contribution in [0.5, 0.6) is 0 Å². The van der Waals surface area contributed by atoms with Crippen molar-refractivity contribution in [3.8, 4) is 0 Å². The molecule has 16 heteroatoms. The standard InChI is InChI=1S/C9BrF13O2/c10-8(19,20)7(17,18)4(25)5(14,9(21,22)23)6(15,16)2(24)1(11)3(12)13. The quantitative estimate of drug-likeness (QED) is 0.322. The average Bonchev–Trinajstić information content (AvgIpc) is 2.40. The number of carbonyl (C=O) groups excluding carboxylic acids is 2. The molecule has 0 aliphatic rings. The monoisotopic (exact) mass is 466 g/mol. The maximum absolute atomic E-state index is 13.7. The van der Waals surface area contributed by atoms with Crippen LogP contribution < -0.4 is 0 Å². The first-order valence-electron chi connectivity index (χ1n) is 5.05. The fourth-order valence-electron chi connectivity index (χ4n) is 1.17. The molecule has 0 saturated carbocycles. The minimum absolute atomic E-state index is 0.644. The number of halogens is 14. The summed E-state index contributed by atoms with van der Waals surface area (Å²) in [6.45, 7) is 0. The number of ketones is 2. The Hall–Kier alpha value is -1.35. The van der Waals surface area contributed by atoms with Crippen molar-refractivity contribution in [2.75, 3.05) is 0 Å². The molecule has 0 spiro atoms. The van der Waals surface area contributed by atoms with Gasteiger partial charge >= 0.3 is 34.6 Å². The maximum atomic E-state index is 13.7. The first-order chi connectivity index (χ1) is 10.7. The van der Waals surface area contributed by atoms with Crippen LogP contribution in [0.25, 0.3) is 0 Å². The molecule has 0 aliphatic carbocycles. The third-order valence-corrected chi connectivity index (χ3v) is 2.93. The van der Waals surface area contributed by atoms with Crippen LogP contribution in [0, 0.1) is 0 Å². The smallest absolute Gasteiger partial charge is 0.288 e. The minimum atomic E-state index is -7.52. The summed E-state index contributed by atoms with van der Waals surface area (Å²) in [4.78, 5) is 15.4. The van der Waals surface area contributed by atoms with Gasteiger partial charge in [0.1, 0.15) is 0 Å². The van der Waals surface area contributed by atoms with E-state index >= 15 is 0 Å². The molecule has 0 radical (unpaired) electrons. The lowest BCUT2D eigenvalue weighted by atomic mass is 9.85. The zero-order chi connectivity index (χ0) is 20.8. The Morgan fingerprint density at radius 2 is 1.04 bits per heavy atom. The van der Waals surface area contributed by atoms with Crippen molar-refractivity contribution in [1.29, 1.82) is 0 Å². The highest BCUT2D eigenvalue weighted by molar-refractivity contribution is 9.10. The summed E-state index contributed by atoms with van der Waals surface area (Å²) in [7, 11) is 0. The first kappa shape index (κ1) is 23.6. The van der Waals surface area contributed by atoms with Crippen molar-refractivity contribution in [3.05, 3.63) is 11.9 Å². The highest BCUT2D eigenvalue weighted by atomic mass is 79.9. The van der Waals surface area contributed by atoms with Crippen LogP contribution in [0.2, 0.25) is 0 Å². The van der Waals surface area contributed by atoms with Crippen LogP contribution in [0.4, 0.5) is 57.1 Å². The van der Waals surface area contributed by atoms with Gasteiger partial charge in [-0.1, -0.05) is 0 Å². The third kappa shape index (κ3) is 3.62. The lowest BCUT2D eigenvalue weighted by Crippen LogP contribution is -2.69. The molecule has 0 N–H and O–H groups in total. The summed E-state index contributed by atoms with van der Waals surface area (Å²) < 4.78 is 164. The molecular formula is C9BrF13O2. The van der Waals surface area contributed by atoms with Gasteiger partial charge in [-0.3, -0.25) is 9.59 Å². The van der Waals surface area contributed by atoms with Gasteiger partial charge in [0.05, 0.1) is 0 Å². The molecule has 0 amide bonds. The molecule has 0 heterocycles. The lowest BCUT2D eigenvalue weighted by Gasteiger charge is -2.35. The summed E-state index contributed by atoms with van der Waals surface area (Å²) >= 11 is 0.644.